The number of carbonyl (C=O) groups excluding carboxylic acids is 1. The lowest BCUT2D eigenvalue weighted by Gasteiger charge is -2.09. The number of aromatic amines is 1. The van der Waals surface area contributed by atoms with Crippen LogP contribution in [-0.4, -0.2) is 18.0 Å². The Labute approximate surface area is 141 Å². The minimum atomic E-state index is -0.195. The zero-order valence-corrected chi connectivity index (χ0v) is 13.9. The van der Waals surface area contributed by atoms with E-state index in [2.05, 4.69) is 10.3 Å². The quantitative estimate of drug-likeness (QED) is 0.849. The van der Waals surface area contributed by atoms with Crippen LogP contribution in [0.15, 0.2) is 35.3 Å². The van der Waals surface area contributed by atoms with E-state index in [9.17, 15) is 9.59 Å². The highest BCUT2D eigenvalue weighted by molar-refractivity contribution is 5.92. The zero-order valence-electron chi connectivity index (χ0n) is 13.9. The van der Waals surface area contributed by atoms with E-state index in [0.29, 0.717) is 11.3 Å². The normalized spacial score (nSPS) is 13.7. The standard InChI is InChI=1S/C19H22N2O3/c1-24-15-9-7-14(8-10-15)21-18(22)11-13-12-20-17-6-4-2-3-5-16(17)19(13)23/h7-10,12H,2-6,11H2,1H3,(H,20,23)(H,21,22). The Morgan fingerprint density at radius 1 is 1.17 bits per heavy atom. The maximum absolute atomic E-state index is 12.6. The van der Waals surface area contributed by atoms with Crippen LogP contribution >= 0.6 is 0 Å². The first kappa shape index (κ1) is 16.3. The fourth-order valence-corrected chi connectivity index (χ4v) is 3.11. The highest BCUT2D eigenvalue weighted by Gasteiger charge is 2.16. The molecule has 0 fully saturated rings. The van der Waals surface area contributed by atoms with Crippen LogP contribution in [0.25, 0.3) is 0 Å². The summed E-state index contributed by atoms with van der Waals surface area (Å²) >= 11 is 0. The van der Waals surface area contributed by atoms with Crippen molar-refractivity contribution in [2.75, 3.05) is 12.4 Å². The van der Waals surface area contributed by atoms with E-state index in [4.69, 9.17) is 4.74 Å². The van der Waals surface area contributed by atoms with Gasteiger partial charge in [0, 0.05) is 28.7 Å². The fraction of sp³-hybridized carbons (Fsp3) is 0.368. The van der Waals surface area contributed by atoms with Crippen LogP contribution in [0, 0.1) is 0 Å². The number of H-pyrrole nitrogens is 1. The lowest BCUT2D eigenvalue weighted by molar-refractivity contribution is -0.115. The molecule has 0 atom stereocenters. The molecule has 0 spiro atoms. The van der Waals surface area contributed by atoms with Crippen molar-refractivity contribution in [2.45, 2.75) is 38.5 Å². The number of pyridine rings is 1. The number of methoxy groups -OCH3 is 1. The third-order valence-electron chi connectivity index (χ3n) is 4.43. The fourth-order valence-electron chi connectivity index (χ4n) is 3.11. The van der Waals surface area contributed by atoms with E-state index in [1.54, 1.807) is 37.6 Å². The molecule has 2 aromatic rings. The number of hydrogen-bond acceptors (Lipinski definition) is 3. The van der Waals surface area contributed by atoms with Gasteiger partial charge in [-0.1, -0.05) is 6.42 Å². The number of amides is 1. The Balaban J connectivity index is 1.72. The molecule has 1 aromatic heterocycles. The van der Waals surface area contributed by atoms with Gasteiger partial charge in [0.25, 0.3) is 0 Å². The van der Waals surface area contributed by atoms with Gasteiger partial charge in [0.1, 0.15) is 5.75 Å². The molecule has 1 aliphatic rings. The van der Waals surface area contributed by atoms with E-state index >= 15 is 0 Å². The van der Waals surface area contributed by atoms with Crippen molar-refractivity contribution in [3.8, 4) is 5.75 Å². The van der Waals surface area contributed by atoms with E-state index in [1.165, 1.54) is 0 Å². The predicted octanol–water partition coefficient (Wildman–Crippen LogP) is 2.83. The largest absolute Gasteiger partial charge is 0.497 e. The molecule has 1 amide bonds. The second kappa shape index (κ2) is 7.34. The molecule has 0 bridgehead atoms. The van der Waals surface area contributed by atoms with E-state index in [0.717, 1.165) is 49.1 Å². The van der Waals surface area contributed by atoms with Gasteiger partial charge < -0.3 is 15.0 Å². The van der Waals surface area contributed by atoms with Crippen molar-refractivity contribution in [1.82, 2.24) is 4.98 Å². The summed E-state index contributed by atoms with van der Waals surface area (Å²) < 4.78 is 5.09. The number of benzene rings is 1. The van der Waals surface area contributed by atoms with Gasteiger partial charge in [0.15, 0.2) is 5.43 Å². The first-order valence-corrected chi connectivity index (χ1v) is 8.33. The van der Waals surface area contributed by atoms with Gasteiger partial charge in [0.2, 0.25) is 5.91 Å². The number of aromatic nitrogens is 1. The van der Waals surface area contributed by atoms with Gasteiger partial charge in [-0.05, 0) is 49.9 Å². The molecule has 0 saturated heterocycles. The Kier molecular flexibility index (Phi) is 4.99. The van der Waals surface area contributed by atoms with Gasteiger partial charge in [-0.3, -0.25) is 9.59 Å². The molecule has 2 N–H and O–H groups in total. The molecule has 0 unspecified atom stereocenters. The molecule has 0 aliphatic heterocycles. The lowest BCUT2D eigenvalue weighted by atomic mass is 10.0. The molecule has 1 aromatic carbocycles. The number of carbonyl (C=O) groups is 1. The van der Waals surface area contributed by atoms with Crippen LogP contribution in [0.3, 0.4) is 0 Å². The SMILES string of the molecule is COc1ccc(NC(=O)Cc2c[nH]c3c(c2=O)CCCCC3)cc1. The lowest BCUT2D eigenvalue weighted by Crippen LogP contribution is -2.23. The number of aryl methyl sites for hydroxylation is 1. The molecule has 5 nitrogen and oxygen atoms in total. The molecule has 0 radical (unpaired) electrons. The number of rotatable bonds is 4. The summed E-state index contributed by atoms with van der Waals surface area (Å²) in [5, 5.41) is 2.81. The summed E-state index contributed by atoms with van der Waals surface area (Å²) in [4.78, 5) is 28.1. The van der Waals surface area contributed by atoms with E-state index in [1.807, 2.05) is 0 Å². The number of ether oxygens (including phenoxy) is 1. The monoisotopic (exact) mass is 326 g/mol. The first-order valence-electron chi connectivity index (χ1n) is 8.33. The van der Waals surface area contributed by atoms with Crippen molar-refractivity contribution in [2.24, 2.45) is 0 Å². The summed E-state index contributed by atoms with van der Waals surface area (Å²) in [5.74, 6) is 0.537. The van der Waals surface area contributed by atoms with Gasteiger partial charge in [-0.25, -0.2) is 0 Å². The van der Waals surface area contributed by atoms with Crippen molar-refractivity contribution >= 4 is 11.6 Å². The Morgan fingerprint density at radius 3 is 2.67 bits per heavy atom. The number of fused-ring (bicyclic) bond motifs is 1. The number of anilines is 1. The van der Waals surface area contributed by atoms with Gasteiger partial charge in [0.05, 0.1) is 13.5 Å². The van der Waals surface area contributed by atoms with Crippen LogP contribution in [0.5, 0.6) is 5.75 Å². The average Bonchev–Trinajstić information content (AvgIpc) is 2.84. The van der Waals surface area contributed by atoms with E-state index in [-0.39, 0.29) is 17.8 Å². The van der Waals surface area contributed by atoms with Crippen LogP contribution in [0.1, 0.15) is 36.1 Å². The second-order valence-electron chi connectivity index (χ2n) is 6.11. The van der Waals surface area contributed by atoms with Crippen LogP contribution in [0.2, 0.25) is 0 Å². The van der Waals surface area contributed by atoms with Crippen molar-refractivity contribution in [3.63, 3.8) is 0 Å². The van der Waals surface area contributed by atoms with Gasteiger partial charge >= 0.3 is 0 Å². The molecule has 0 saturated carbocycles. The third kappa shape index (κ3) is 3.67. The van der Waals surface area contributed by atoms with Gasteiger partial charge in [-0.2, -0.15) is 0 Å². The molecule has 24 heavy (non-hydrogen) atoms. The van der Waals surface area contributed by atoms with Gasteiger partial charge in [-0.15, -0.1) is 0 Å². The predicted molar refractivity (Wildman–Crippen MR) is 93.6 cm³/mol. The van der Waals surface area contributed by atoms with Crippen molar-refractivity contribution < 1.29 is 9.53 Å². The number of hydrogen-bond donors (Lipinski definition) is 2. The number of nitrogens with one attached hydrogen (secondary N) is 2. The topological polar surface area (TPSA) is 71.2 Å². The van der Waals surface area contributed by atoms with Crippen LogP contribution in [0.4, 0.5) is 5.69 Å². The van der Waals surface area contributed by atoms with Crippen LogP contribution < -0.4 is 15.5 Å². The maximum atomic E-state index is 12.6. The summed E-state index contributed by atoms with van der Waals surface area (Å²) in [6.07, 6.45) is 6.79. The third-order valence-corrected chi connectivity index (χ3v) is 4.43. The summed E-state index contributed by atoms with van der Waals surface area (Å²) in [5.41, 5.74) is 3.14. The molecule has 126 valence electrons. The minimum Gasteiger partial charge on any atom is -0.497 e. The highest BCUT2D eigenvalue weighted by Crippen LogP contribution is 2.17. The Morgan fingerprint density at radius 2 is 1.92 bits per heavy atom. The molecule has 3 rings (SSSR count). The molecular formula is C19H22N2O3. The molecule has 1 aliphatic carbocycles. The summed E-state index contributed by atoms with van der Waals surface area (Å²) in [6.45, 7) is 0. The first-order chi connectivity index (χ1) is 11.7. The molecule has 1 heterocycles. The van der Waals surface area contributed by atoms with Crippen LogP contribution in [-0.2, 0) is 24.1 Å². The Bertz CT molecular complexity index is 778. The summed E-state index contributed by atoms with van der Waals surface area (Å²) in [6, 6.07) is 7.12. The highest BCUT2D eigenvalue weighted by atomic mass is 16.5. The second-order valence-corrected chi connectivity index (χ2v) is 6.11. The van der Waals surface area contributed by atoms with Crippen molar-refractivity contribution in [3.05, 3.63) is 57.5 Å². The molecular weight excluding hydrogens is 304 g/mol. The maximum Gasteiger partial charge on any atom is 0.228 e. The molecule has 5 heteroatoms. The minimum absolute atomic E-state index is 0.0236. The average molecular weight is 326 g/mol. The van der Waals surface area contributed by atoms with E-state index < -0.39 is 0 Å². The summed E-state index contributed by atoms with van der Waals surface area (Å²) in [7, 11) is 1.60. The Hall–Kier alpha value is -2.56. The van der Waals surface area contributed by atoms with Crippen molar-refractivity contribution in [1.29, 1.82) is 0 Å². The smallest absolute Gasteiger partial charge is 0.228 e. The zero-order chi connectivity index (χ0) is 16.9.